The Morgan fingerprint density at radius 3 is 2.25 bits per heavy atom. The number of hydrogen-bond donors (Lipinski definition) is 2. The predicted octanol–water partition coefficient (Wildman–Crippen LogP) is 1.31. The zero-order valence-electron chi connectivity index (χ0n) is 9.55. The molecule has 88 valence electrons. The number of nitrogens with zero attached hydrogens (tertiary/aromatic N) is 2. The first-order chi connectivity index (χ1) is 7.50. The maximum atomic E-state index is 11.1. The van der Waals surface area contributed by atoms with Crippen molar-refractivity contribution in [1.29, 1.82) is 0 Å². The van der Waals surface area contributed by atoms with Gasteiger partial charge in [-0.15, -0.1) is 0 Å². The van der Waals surface area contributed by atoms with Crippen molar-refractivity contribution in [1.82, 2.24) is 4.90 Å². The van der Waals surface area contributed by atoms with Gasteiger partial charge in [0.25, 0.3) is 0 Å². The Morgan fingerprint density at radius 2 is 1.81 bits per heavy atom. The molecule has 1 amide bonds. The van der Waals surface area contributed by atoms with Gasteiger partial charge in [-0.05, 0) is 38.4 Å². The quantitative estimate of drug-likeness (QED) is 0.755. The lowest BCUT2D eigenvalue weighted by Crippen LogP contribution is -2.35. The van der Waals surface area contributed by atoms with Crippen LogP contribution in [0, 0.1) is 0 Å². The van der Waals surface area contributed by atoms with Crippen LogP contribution in [0.4, 0.5) is 16.2 Å². The van der Waals surface area contributed by atoms with E-state index in [4.69, 9.17) is 10.8 Å². The zero-order valence-corrected chi connectivity index (χ0v) is 9.55. The highest BCUT2D eigenvalue weighted by Gasteiger charge is 2.13. The molecule has 1 aromatic rings. The summed E-state index contributed by atoms with van der Waals surface area (Å²) in [7, 11) is 3.81. The highest BCUT2D eigenvalue weighted by molar-refractivity contribution is 5.86. The zero-order chi connectivity index (χ0) is 12.1. The van der Waals surface area contributed by atoms with Crippen molar-refractivity contribution in [2.24, 2.45) is 0 Å². The van der Waals surface area contributed by atoms with Gasteiger partial charge in [0.2, 0.25) is 0 Å². The van der Waals surface area contributed by atoms with Crippen molar-refractivity contribution in [3.8, 4) is 0 Å². The Hall–Kier alpha value is -1.75. The topological polar surface area (TPSA) is 69.8 Å². The smallest absolute Gasteiger partial charge is 0.411 e. The summed E-state index contributed by atoms with van der Waals surface area (Å²) in [6.45, 7) is 1.11. The molecule has 5 heteroatoms. The molecule has 0 aromatic heterocycles. The Morgan fingerprint density at radius 1 is 1.25 bits per heavy atom. The molecule has 0 saturated heterocycles. The fourth-order valence-electron chi connectivity index (χ4n) is 1.29. The molecular formula is C11H17N3O2. The number of nitrogen functional groups attached to an aromatic ring is 1. The Balaban J connectivity index is 2.77. The SMILES string of the molecule is CN(C)CCN(C(=O)O)c1ccc(N)cc1. The summed E-state index contributed by atoms with van der Waals surface area (Å²) in [6, 6.07) is 6.81. The number of anilines is 2. The van der Waals surface area contributed by atoms with E-state index in [1.54, 1.807) is 24.3 Å². The second-order valence-electron chi connectivity index (χ2n) is 3.83. The van der Waals surface area contributed by atoms with E-state index in [2.05, 4.69) is 0 Å². The maximum absolute atomic E-state index is 11.1. The van der Waals surface area contributed by atoms with E-state index in [1.165, 1.54) is 4.90 Å². The summed E-state index contributed by atoms with van der Waals surface area (Å²) < 4.78 is 0. The van der Waals surface area contributed by atoms with Gasteiger partial charge >= 0.3 is 6.09 Å². The molecule has 0 heterocycles. The fraction of sp³-hybridized carbons (Fsp3) is 0.364. The van der Waals surface area contributed by atoms with Crippen molar-refractivity contribution in [3.05, 3.63) is 24.3 Å². The van der Waals surface area contributed by atoms with Gasteiger partial charge in [-0.3, -0.25) is 4.90 Å². The van der Waals surface area contributed by atoms with Crippen molar-refractivity contribution >= 4 is 17.5 Å². The molecule has 1 aromatic carbocycles. The number of carbonyl (C=O) groups is 1. The number of carboxylic acid groups (broad SMARTS) is 1. The van der Waals surface area contributed by atoms with Crippen LogP contribution in [0.15, 0.2) is 24.3 Å². The molecule has 0 aliphatic rings. The predicted molar refractivity (Wildman–Crippen MR) is 64.8 cm³/mol. The molecule has 0 spiro atoms. The van der Waals surface area contributed by atoms with Crippen molar-refractivity contribution in [3.63, 3.8) is 0 Å². The standard InChI is InChI=1S/C11H17N3O2/c1-13(2)7-8-14(11(15)16)10-5-3-9(12)4-6-10/h3-6H,7-8,12H2,1-2H3,(H,15,16). The molecule has 0 bridgehead atoms. The summed E-state index contributed by atoms with van der Waals surface area (Å²) in [5.74, 6) is 0. The third kappa shape index (κ3) is 3.43. The molecule has 1 rings (SSSR count). The number of amides is 1. The lowest BCUT2D eigenvalue weighted by Gasteiger charge is -2.21. The van der Waals surface area contributed by atoms with E-state index in [-0.39, 0.29) is 0 Å². The molecule has 0 aliphatic heterocycles. The summed E-state index contributed by atoms with van der Waals surface area (Å²) in [4.78, 5) is 14.3. The van der Waals surface area contributed by atoms with Gasteiger partial charge in [0, 0.05) is 24.5 Å². The summed E-state index contributed by atoms with van der Waals surface area (Å²) >= 11 is 0. The molecule has 0 saturated carbocycles. The van der Waals surface area contributed by atoms with Gasteiger partial charge in [0.1, 0.15) is 0 Å². The normalized spacial score (nSPS) is 10.4. The number of nitrogens with two attached hydrogens (primary N) is 1. The molecule has 0 fully saturated rings. The molecule has 0 radical (unpaired) electrons. The number of rotatable bonds is 4. The monoisotopic (exact) mass is 223 g/mol. The second kappa shape index (κ2) is 5.37. The molecule has 0 unspecified atom stereocenters. The highest BCUT2D eigenvalue weighted by atomic mass is 16.4. The molecule has 3 N–H and O–H groups in total. The molecular weight excluding hydrogens is 206 g/mol. The van der Waals surface area contributed by atoms with E-state index in [0.717, 1.165) is 0 Å². The average Bonchev–Trinajstić information content (AvgIpc) is 2.20. The van der Waals surface area contributed by atoms with Crippen molar-refractivity contribution in [2.75, 3.05) is 37.8 Å². The Bertz CT molecular complexity index is 349. The van der Waals surface area contributed by atoms with Crippen LogP contribution in [0.3, 0.4) is 0 Å². The van der Waals surface area contributed by atoms with Crippen molar-refractivity contribution in [2.45, 2.75) is 0 Å². The average molecular weight is 223 g/mol. The van der Waals surface area contributed by atoms with Crippen LogP contribution < -0.4 is 10.6 Å². The van der Waals surface area contributed by atoms with Crippen LogP contribution in [0.2, 0.25) is 0 Å². The van der Waals surface area contributed by atoms with Crippen LogP contribution >= 0.6 is 0 Å². The van der Waals surface area contributed by atoms with Gasteiger partial charge < -0.3 is 15.7 Å². The van der Waals surface area contributed by atoms with E-state index in [1.807, 2.05) is 19.0 Å². The molecule has 16 heavy (non-hydrogen) atoms. The maximum Gasteiger partial charge on any atom is 0.411 e. The van der Waals surface area contributed by atoms with Gasteiger partial charge in [-0.25, -0.2) is 4.79 Å². The summed E-state index contributed by atoms with van der Waals surface area (Å²) in [5, 5.41) is 9.09. The minimum atomic E-state index is -0.952. The summed E-state index contributed by atoms with van der Waals surface area (Å²) in [5.41, 5.74) is 6.82. The number of hydrogen-bond acceptors (Lipinski definition) is 3. The van der Waals surface area contributed by atoms with Gasteiger partial charge in [0.05, 0.1) is 0 Å². The minimum Gasteiger partial charge on any atom is -0.465 e. The first kappa shape index (κ1) is 12.3. The second-order valence-corrected chi connectivity index (χ2v) is 3.83. The van der Waals surface area contributed by atoms with Crippen LogP contribution in [0.5, 0.6) is 0 Å². The van der Waals surface area contributed by atoms with Crippen LogP contribution in [-0.2, 0) is 0 Å². The first-order valence-corrected chi connectivity index (χ1v) is 5.01. The van der Waals surface area contributed by atoms with Gasteiger partial charge in [-0.2, -0.15) is 0 Å². The Kier molecular flexibility index (Phi) is 4.13. The number of benzene rings is 1. The van der Waals surface area contributed by atoms with E-state index in [9.17, 15) is 4.79 Å². The third-order valence-corrected chi connectivity index (χ3v) is 2.21. The molecule has 0 atom stereocenters. The summed E-state index contributed by atoms with van der Waals surface area (Å²) in [6.07, 6.45) is -0.952. The lowest BCUT2D eigenvalue weighted by molar-refractivity contribution is 0.201. The van der Waals surface area contributed by atoms with Gasteiger partial charge in [0.15, 0.2) is 0 Å². The lowest BCUT2D eigenvalue weighted by atomic mass is 10.2. The van der Waals surface area contributed by atoms with E-state index >= 15 is 0 Å². The minimum absolute atomic E-state index is 0.437. The van der Waals surface area contributed by atoms with E-state index in [0.29, 0.717) is 24.5 Å². The Labute approximate surface area is 95.1 Å². The van der Waals surface area contributed by atoms with Crippen LogP contribution in [0.25, 0.3) is 0 Å². The van der Waals surface area contributed by atoms with Crippen molar-refractivity contribution < 1.29 is 9.90 Å². The largest absolute Gasteiger partial charge is 0.465 e. The van der Waals surface area contributed by atoms with E-state index < -0.39 is 6.09 Å². The highest BCUT2D eigenvalue weighted by Crippen LogP contribution is 2.16. The molecule has 5 nitrogen and oxygen atoms in total. The molecule has 0 aliphatic carbocycles. The fourth-order valence-corrected chi connectivity index (χ4v) is 1.29. The van der Waals surface area contributed by atoms with Crippen LogP contribution in [0.1, 0.15) is 0 Å². The van der Waals surface area contributed by atoms with Gasteiger partial charge in [-0.1, -0.05) is 0 Å². The van der Waals surface area contributed by atoms with Crippen LogP contribution in [-0.4, -0.2) is 43.3 Å². The number of likely N-dealkylation sites (N-methyl/N-ethyl adjacent to an activating group) is 1. The third-order valence-electron chi connectivity index (χ3n) is 2.21. The first-order valence-electron chi connectivity index (χ1n) is 5.01.